The maximum atomic E-state index is 14.6. The number of ketones is 2. The Bertz CT molecular complexity index is 2220. The zero-order chi connectivity index (χ0) is 50.9. The number of Topliss-reactive ketones (excluding diaryl/α,β-unsaturated/α-hetero) is 2. The Morgan fingerprint density at radius 2 is 1.67 bits per heavy atom. The van der Waals surface area contributed by atoms with Gasteiger partial charge in [0, 0.05) is 75.2 Å². The summed E-state index contributed by atoms with van der Waals surface area (Å²) in [6.07, 6.45) is 9.73. The van der Waals surface area contributed by atoms with E-state index in [9.17, 15) is 29.4 Å². The molecule has 14 heteroatoms. The Kier molecular flexibility index (Phi) is 19.4. The first-order valence-corrected chi connectivity index (χ1v) is 25.6. The Morgan fingerprint density at radius 3 is 2.37 bits per heavy atom. The Morgan fingerprint density at radius 1 is 0.929 bits per heavy atom. The average Bonchev–Trinajstić information content (AvgIpc) is 3.74. The summed E-state index contributed by atoms with van der Waals surface area (Å²) in [5.74, 6) is -7.02. The van der Waals surface area contributed by atoms with Crippen LogP contribution in [0.25, 0.3) is 10.9 Å². The zero-order valence-corrected chi connectivity index (χ0v) is 42.9. The van der Waals surface area contributed by atoms with Crippen molar-refractivity contribution in [2.24, 2.45) is 29.6 Å². The number of nitrogens with zero attached hydrogens (tertiary/aromatic N) is 2. The number of aromatic nitrogens is 1. The molecule has 3 aliphatic heterocycles. The molecule has 14 unspecified atom stereocenters. The lowest BCUT2D eigenvalue weighted by Gasteiger charge is -2.47. The van der Waals surface area contributed by atoms with Gasteiger partial charge in [-0.05, 0) is 127 Å². The number of hydrogen-bond acceptors (Lipinski definition) is 12. The molecule has 386 valence electrons. The van der Waals surface area contributed by atoms with Gasteiger partial charge in [0.05, 0.1) is 24.4 Å². The smallest absolute Gasteiger partial charge is 0.329 e. The van der Waals surface area contributed by atoms with Crippen LogP contribution in [0.4, 0.5) is 0 Å². The van der Waals surface area contributed by atoms with Crippen LogP contribution in [0, 0.1) is 29.6 Å². The number of carbonyl (C=O) groups is 4. The molecule has 6 rings (SSSR count). The number of amides is 1. The van der Waals surface area contributed by atoms with Crippen molar-refractivity contribution in [3.63, 3.8) is 0 Å². The molecule has 2 aromatic rings. The number of piperidine rings is 1. The monoisotopic (exact) mass is 973 g/mol. The molecule has 1 aromatic carbocycles. The van der Waals surface area contributed by atoms with E-state index in [1.807, 2.05) is 58.2 Å². The first kappa shape index (κ1) is 54.9. The van der Waals surface area contributed by atoms with Gasteiger partial charge in [-0.1, -0.05) is 50.6 Å². The standard InChI is InChI=1S/C56H80N2O12/c1-11-16-41-27-34(4)26-35(5)28-49(65-9)52-50(66-10)30-37(7)56(64,70-52)53(61)54(62)58-24-15-14-17-44(58)55(63)69-51(38(8)45(59)33-46(41)60)36(6)29-39-18-21-47(48(31-39)67-13-3)68-42-19-20-43-40(32-42)22-25-57(43)23-12-2/h11-12,19-20,22,25,27,29,32,35,37-39,41,44-45,47-52,59,64H,1-2,13-18,21,23-24,26,28,30-31,33H2,3-10H3. The highest BCUT2D eigenvalue weighted by Crippen LogP contribution is 2.40. The SMILES string of the molecule is C=CCC1C=C(C)CC(C)CC(OC)C2OC(O)(C(=O)C(=O)N3CCCCC3C(=O)OC(C(C)=CC3CCC(Oc4ccc5c(ccn5CC=C)c4)C(OCC)C3)C(C)C(O)CC1=O)C(C)CC2OC. The molecule has 0 spiro atoms. The molecule has 3 fully saturated rings. The zero-order valence-electron chi connectivity index (χ0n) is 42.9. The summed E-state index contributed by atoms with van der Waals surface area (Å²) in [6.45, 7) is 20.3. The Labute approximate surface area is 415 Å². The molecule has 1 saturated carbocycles. The molecule has 70 heavy (non-hydrogen) atoms. The van der Waals surface area contributed by atoms with Crippen molar-refractivity contribution in [2.75, 3.05) is 27.4 Å². The number of rotatable bonds is 12. The molecule has 4 aliphatic rings. The molecule has 14 atom stereocenters. The Balaban J connectivity index is 1.31. The van der Waals surface area contributed by atoms with Crippen LogP contribution in [0.5, 0.6) is 5.75 Å². The van der Waals surface area contributed by atoms with E-state index in [2.05, 4.69) is 35.9 Å². The fraction of sp³-hybridized carbons (Fsp3) is 0.643. The van der Waals surface area contributed by atoms with E-state index in [1.54, 1.807) is 19.9 Å². The van der Waals surface area contributed by atoms with Crippen molar-refractivity contribution in [2.45, 2.75) is 173 Å². The maximum absolute atomic E-state index is 14.6. The second-order valence-corrected chi connectivity index (χ2v) is 20.6. The highest BCUT2D eigenvalue weighted by molar-refractivity contribution is 6.39. The lowest BCUT2D eigenvalue weighted by Crippen LogP contribution is -2.64. The first-order valence-electron chi connectivity index (χ1n) is 25.6. The fourth-order valence-electron chi connectivity index (χ4n) is 11.4. The van der Waals surface area contributed by atoms with Crippen LogP contribution in [-0.4, -0.2) is 125 Å². The molecule has 1 amide bonds. The summed E-state index contributed by atoms with van der Waals surface area (Å²) in [5, 5.41) is 25.2. The van der Waals surface area contributed by atoms with Gasteiger partial charge in [-0.15, -0.1) is 13.2 Å². The summed E-state index contributed by atoms with van der Waals surface area (Å²) in [7, 11) is 3.07. The number of aliphatic hydroxyl groups is 2. The summed E-state index contributed by atoms with van der Waals surface area (Å²) in [6, 6.07) is 7.00. The van der Waals surface area contributed by atoms with E-state index in [4.69, 9.17) is 28.4 Å². The third kappa shape index (κ3) is 12.8. The van der Waals surface area contributed by atoms with E-state index in [0.29, 0.717) is 63.7 Å². The molecular weight excluding hydrogens is 893 g/mol. The highest BCUT2D eigenvalue weighted by Gasteiger charge is 2.56. The van der Waals surface area contributed by atoms with E-state index < -0.39 is 77.8 Å². The van der Waals surface area contributed by atoms with Crippen LogP contribution in [0.2, 0.25) is 0 Å². The molecule has 2 N–H and O–H groups in total. The van der Waals surface area contributed by atoms with Gasteiger partial charge in [-0.25, -0.2) is 4.79 Å². The van der Waals surface area contributed by atoms with Gasteiger partial charge in [0.15, 0.2) is 0 Å². The van der Waals surface area contributed by atoms with Crippen LogP contribution in [-0.2, 0) is 49.4 Å². The number of ether oxygens (including phenoxy) is 6. The normalized spacial score (nSPS) is 34.8. The maximum Gasteiger partial charge on any atom is 0.329 e. The molecule has 4 heterocycles. The lowest BCUT2D eigenvalue weighted by atomic mass is 9.81. The quantitative estimate of drug-likeness (QED) is 0.119. The molecule has 2 bridgehead atoms. The van der Waals surface area contributed by atoms with E-state index in [-0.39, 0.29) is 55.6 Å². The summed E-state index contributed by atoms with van der Waals surface area (Å²) in [5.41, 5.74) is 2.74. The number of allylic oxidation sites excluding steroid dienone is 5. The van der Waals surface area contributed by atoms with Crippen molar-refractivity contribution in [1.29, 1.82) is 0 Å². The van der Waals surface area contributed by atoms with Gasteiger partial charge in [0.25, 0.3) is 11.7 Å². The molecule has 1 aliphatic carbocycles. The van der Waals surface area contributed by atoms with E-state index in [1.165, 1.54) is 19.1 Å². The number of hydrogen-bond donors (Lipinski definition) is 2. The van der Waals surface area contributed by atoms with Gasteiger partial charge >= 0.3 is 5.97 Å². The van der Waals surface area contributed by atoms with Crippen LogP contribution in [0.3, 0.4) is 0 Å². The number of esters is 1. The minimum atomic E-state index is -2.52. The summed E-state index contributed by atoms with van der Waals surface area (Å²) < 4.78 is 39.6. The number of methoxy groups -OCH3 is 2. The molecule has 2 saturated heterocycles. The predicted octanol–water partition coefficient (Wildman–Crippen LogP) is 8.26. The van der Waals surface area contributed by atoms with Gasteiger partial charge in [-0.3, -0.25) is 14.4 Å². The average molecular weight is 973 g/mol. The van der Waals surface area contributed by atoms with Crippen molar-refractivity contribution >= 4 is 34.3 Å². The minimum Gasteiger partial charge on any atom is -0.488 e. The second kappa shape index (κ2) is 24.8. The van der Waals surface area contributed by atoms with Crippen molar-refractivity contribution < 1.29 is 57.8 Å². The third-order valence-electron chi connectivity index (χ3n) is 15.3. The second-order valence-electron chi connectivity index (χ2n) is 20.6. The topological polar surface area (TPSA) is 172 Å². The van der Waals surface area contributed by atoms with Crippen molar-refractivity contribution in [3.8, 4) is 5.75 Å². The van der Waals surface area contributed by atoms with Gasteiger partial charge < -0.3 is 48.1 Å². The number of fused-ring (bicyclic) bond motifs is 4. The molecule has 0 radical (unpaired) electrons. The van der Waals surface area contributed by atoms with Gasteiger partial charge in [-0.2, -0.15) is 0 Å². The fourth-order valence-corrected chi connectivity index (χ4v) is 11.4. The van der Waals surface area contributed by atoms with Crippen molar-refractivity contribution in [3.05, 3.63) is 79.1 Å². The van der Waals surface area contributed by atoms with Crippen LogP contribution >= 0.6 is 0 Å². The number of benzene rings is 1. The van der Waals surface area contributed by atoms with Gasteiger partial charge in [0.2, 0.25) is 5.79 Å². The number of cyclic esters (lactones) is 1. The van der Waals surface area contributed by atoms with Crippen LogP contribution in [0.15, 0.2) is 79.1 Å². The summed E-state index contributed by atoms with van der Waals surface area (Å²) in [4.78, 5) is 58.9. The molecular formula is C56H80N2O12. The highest BCUT2D eigenvalue weighted by atomic mass is 16.7. The van der Waals surface area contributed by atoms with Gasteiger partial charge in [0.1, 0.15) is 35.9 Å². The third-order valence-corrected chi connectivity index (χ3v) is 15.3. The minimum absolute atomic E-state index is 0.00182. The lowest BCUT2D eigenvalue weighted by molar-refractivity contribution is -0.302. The molecule has 14 nitrogen and oxygen atoms in total. The van der Waals surface area contributed by atoms with E-state index >= 15 is 0 Å². The molecule has 1 aromatic heterocycles. The predicted molar refractivity (Wildman–Crippen MR) is 268 cm³/mol. The number of aliphatic hydroxyl groups excluding tert-OH is 1. The van der Waals surface area contributed by atoms with E-state index in [0.717, 1.165) is 28.6 Å². The van der Waals surface area contributed by atoms with Crippen molar-refractivity contribution in [1.82, 2.24) is 9.47 Å². The summed E-state index contributed by atoms with van der Waals surface area (Å²) >= 11 is 0. The first-order chi connectivity index (χ1) is 33.5. The number of carbonyl (C=O) groups excluding carboxylic acids is 4. The van der Waals surface area contributed by atoms with Crippen LogP contribution in [0.1, 0.15) is 112 Å². The largest absolute Gasteiger partial charge is 0.488 e. The Hall–Kier alpha value is -4.44. The van der Waals surface area contributed by atoms with Crippen LogP contribution < -0.4 is 4.74 Å².